The van der Waals surface area contributed by atoms with Crippen molar-refractivity contribution in [1.29, 1.82) is 0 Å². The predicted molar refractivity (Wildman–Crippen MR) is 56.8 cm³/mol. The van der Waals surface area contributed by atoms with Crippen molar-refractivity contribution in [3.05, 3.63) is 30.1 Å². The molecule has 0 aliphatic carbocycles. The Kier molecular flexibility index (Phi) is 3.45. The highest BCUT2D eigenvalue weighted by Crippen LogP contribution is 2.17. The van der Waals surface area contributed by atoms with Gasteiger partial charge in [0.05, 0.1) is 18.3 Å². The van der Waals surface area contributed by atoms with E-state index in [1.807, 2.05) is 18.2 Å². The number of hydrogen-bond acceptors (Lipinski definition) is 6. The van der Waals surface area contributed by atoms with Gasteiger partial charge >= 0.3 is 5.97 Å². The smallest absolute Gasteiger partial charge is 0.326 e. The summed E-state index contributed by atoms with van der Waals surface area (Å²) in [6, 6.07) is 4.89. The number of carbonyl (C=O) groups excluding carboxylic acids is 1. The van der Waals surface area contributed by atoms with Gasteiger partial charge in [-0.2, -0.15) is 5.53 Å². The van der Waals surface area contributed by atoms with Gasteiger partial charge in [0, 0.05) is 6.20 Å². The molecule has 1 fully saturated rings. The van der Waals surface area contributed by atoms with Gasteiger partial charge in [0.2, 0.25) is 0 Å². The highest BCUT2D eigenvalue weighted by Gasteiger charge is 2.35. The Morgan fingerprint density at radius 1 is 1.50 bits per heavy atom. The van der Waals surface area contributed by atoms with Gasteiger partial charge in [-0.1, -0.05) is 6.07 Å². The van der Waals surface area contributed by atoms with E-state index in [2.05, 4.69) is 21.4 Å². The summed E-state index contributed by atoms with van der Waals surface area (Å²) in [6.45, 7) is 2.15. The van der Waals surface area contributed by atoms with Crippen molar-refractivity contribution in [1.82, 2.24) is 21.4 Å². The van der Waals surface area contributed by atoms with E-state index < -0.39 is 6.04 Å². The van der Waals surface area contributed by atoms with Crippen LogP contribution < -0.4 is 16.4 Å². The summed E-state index contributed by atoms with van der Waals surface area (Å²) in [7, 11) is 0. The number of nitrogens with one attached hydrogen (secondary N) is 3. The van der Waals surface area contributed by atoms with E-state index in [1.54, 1.807) is 13.1 Å². The van der Waals surface area contributed by atoms with Crippen molar-refractivity contribution in [2.24, 2.45) is 0 Å². The summed E-state index contributed by atoms with van der Waals surface area (Å²) in [5.41, 5.74) is 9.26. The Morgan fingerprint density at radius 2 is 2.38 bits per heavy atom. The Bertz CT molecular complexity index is 357. The molecule has 86 valence electrons. The van der Waals surface area contributed by atoms with Crippen LogP contribution in [-0.2, 0) is 9.53 Å². The molecule has 0 aromatic carbocycles. The number of hydrazine groups is 2. The standard InChI is InChI=1S/C10H14N4O2/c1-2-16-10(15)9-8(12-14-13-9)7-5-3-4-6-11-7/h3-6,8-9,12-14H,2H2,1H3. The van der Waals surface area contributed by atoms with Crippen molar-refractivity contribution < 1.29 is 9.53 Å². The molecule has 2 atom stereocenters. The van der Waals surface area contributed by atoms with E-state index in [9.17, 15) is 4.79 Å². The Morgan fingerprint density at radius 3 is 3.06 bits per heavy atom. The second-order valence-electron chi connectivity index (χ2n) is 3.38. The van der Waals surface area contributed by atoms with Gasteiger partial charge in [0.1, 0.15) is 6.04 Å². The van der Waals surface area contributed by atoms with E-state index in [0.717, 1.165) is 5.69 Å². The van der Waals surface area contributed by atoms with E-state index in [0.29, 0.717) is 6.61 Å². The Hall–Kier alpha value is -1.50. The van der Waals surface area contributed by atoms with Gasteiger partial charge in [-0.05, 0) is 19.1 Å². The summed E-state index contributed by atoms with van der Waals surface area (Å²) in [4.78, 5) is 15.8. The molecule has 0 radical (unpaired) electrons. The first kappa shape index (κ1) is 11.0. The van der Waals surface area contributed by atoms with Crippen molar-refractivity contribution in [2.45, 2.75) is 19.0 Å². The van der Waals surface area contributed by atoms with Crippen LogP contribution in [0.2, 0.25) is 0 Å². The molecular weight excluding hydrogens is 208 g/mol. The fourth-order valence-corrected chi connectivity index (χ4v) is 1.60. The lowest BCUT2D eigenvalue weighted by atomic mass is 10.1. The first-order chi connectivity index (χ1) is 7.83. The average Bonchev–Trinajstić information content (AvgIpc) is 2.79. The van der Waals surface area contributed by atoms with Crippen LogP contribution in [-0.4, -0.2) is 23.6 Å². The predicted octanol–water partition coefficient (Wildman–Crippen LogP) is -0.333. The fourth-order valence-electron chi connectivity index (χ4n) is 1.60. The minimum Gasteiger partial charge on any atom is -0.465 e. The summed E-state index contributed by atoms with van der Waals surface area (Å²) in [5, 5.41) is 0. The van der Waals surface area contributed by atoms with Crippen LogP contribution in [0.25, 0.3) is 0 Å². The monoisotopic (exact) mass is 222 g/mol. The number of rotatable bonds is 3. The van der Waals surface area contributed by atoms with Gasteiger partial charge in [0.15, 0.2) is 0 Å². The zero-order valence-corrected chi connectivity index (χ0v) is 8.93. The van der Waals surface area contributed by atoms with Crippen molar-refractivity contribution >= 4 is 5.97 Å². The summed E-state index contributed by atoms with van der Waals surface area (Å²) < 4.78 is 4.97. The second kappa shape index (κ2) is 5.02. The number of nitrogens with zero attached hydrogens (tertiary/aromatic N) is 1. The Labute approximate surface area is 93.3 Å². The molecule has 0 spiro atoms. The highest BCUT2D eigenvalue weighted by molar-refractivity contribution is 5.77. The molecule has 2 heterocycles. The third kappa shape index (κ3) is 2.19. The van der Waals surface area contributed by atoms with E-state index in [1.165, 1.54) is 0 Å². The molecule has 1 aromatic rings. The van der Waals surface area contributed by atoms with Crippen molar-refractivity contribution in [2.75, 3.05) is 6.61 Å². The first-order valence-electron chi connectivity index (χ1n) is 5.16. The third-order valence-electron chi connectivity index (χ3n) is 2.34. The minimum absolute atomic E-state index is 0.222. The normalized spacial score (nSPS) is 24.3. The molecule has 1 aliphatic heterocycles. The molecule has 3 N–H and O–H groups in total. The minimum atomic E-state index is -0.463. The molecule has 2 unspecified atom stereocenters. The number of esters is 1. The van der Waals surface area contributed by atoms with Gasteiger partial charge < -0.3 is 4.74 Å². The molecule has 6 heteroatoms. The molecule has 0 saturated carbocycles. The van der Waals surface area contributed by atoms with Gasteiger partial charge in [-0.25, -0.2) is 10.9 Å². The number of aromatic nitrogens is 1. The number of carbonyl (C=O) groups is 1. The molecular formula is C10H14N4O2. The van der Waals surface area contributed by atoms with Gasteiger partial charge in [-0.15, -0.1) is 0 Å². The average molecular weight is 222 g/mol. The van der Waals surface area contributed by atoms with Gasteiger partial charge in [-0.3, -0.25) is 9.78 Å². The summed E-state index contributed by atoms with van der Waals surface area (Å²) in [5.74, 6) is -0.296. The van der Waals surface area contributed by atoms with Crippen molar-refractivity contribution in [3.8, 4) is 0 Å². The third-order valence-corrected chi connectivity index (χ3v) is 2.34. The van der Waals surface area contributed by atoms with Crippen molar-refractivity contribution in [3.63, 3.8) is 0 Å². The van der Waals surface area contributed by atoms with Crippen LogP contribution in [0.5, 0.6) is 0 Å². The number of ether oxygens (including phenoxy) is 1. The number of hydrogen-bond donors (Lipinski definition) is 3. The SMILES string of the molecule is CCOC(=O)C1NNNC1c1ccccn1. The van der Waals surface area contributed by atoms with Gasteiger partial charge in [0.25, 0.3) is 0 Å². The van der Waals surface area contributed by atoms with E-state index in [4.69, 9.17) is 4.74 Å². The lowest BCUT2D eigenvalue weighted by molar-refractivity contribution is -0.145. The summed E-state index contributed by atoms with van der Waals surface area (Å²) in [6.07, 6.45) is 1.69. The molecule has 0 bridgehead atoms. The lowest BCUT2D eigenvalue weighted by Crippen LogP contribution is -2.39. The molecule has 0 amide bonds. The van der Waals surface area contributed by atoms with Crippen LogP contribution in [0.4, 0.5) is 0 Å². The van der Waals surface area contributed by atoms with E-state index in [-0.39, 0.29) is 12.0 Å². The maximum absolute atomic E-state index is 11.6. The molecule has 2 rings (SSSR count). The fraction of sp³-hybridized carbons (Fsp3) is 0.400. The second-order valence-corrected chi connectivity index (χ2v) is 3.38. The molecule has 1 aromatic heterocycles. The highest BCUT2D eigenvalue weighted by atomic mass is 16.5. The molecule has 1 saturated heterocycles. The maximum Gasteiger partial charge on any atom is 0.326 e. The van der Waals surface area contributed by atoms with Crippen LogP contribution in [0.3, 0.4) is 0 Å². The Balaban J connectivity index is 2.12. The number of pyridine rings is 1. The molecule has 6 nitrogen and oxygen atoms in total. The largest absolute Gasteiger partial charge is 0.465 e. The maximum atomic E-state index is 11.6. The molecule has 1 aliphatic rings. The van der Waals surface area contributed by atoms with Crippen LogP contribution in [0.1, 0.15) is 18.7 Å². The van der Waals surface area contributed by atoms with Crippen LogP contribution in [0, 0.1) is 0 Å². The quantitative estimate of drug-likeness (QED) is 0.608. The van der Waals surface area contributed by atoms with Crippen LogP contribution in [0.15, 0.2) is 24.4 Å². The topological polar surface area (TPSA) is 75.3 Å². The molecule has 16 heavy (non-hydrogen) atoms. The lowest BCUT2D eigenvalue weighted by Gasteiger charge is -2.15. The summed E-state index contributed by atoms with van der Waals surface area (Å²) >= 11 is 0. The zero-order chi connectivity index (χ0) is 11.4. The zero-order valence-electron chi connectivity index (χ0n) is 8.93. The van der Waals surface area contributed by atoms with E-state index >= 15 is 0 Å². The van der Waals surface area contributed by atoms with Crippen LogP contribution >= 0.6 is 0 Å². The first-order valence-corrected chi connectivity index (χ1v) is 5.16.